The van der Waals surface area contributed by atoms with Crippen LogP contribution < -0.4 is 4.74 Å². The van der Waals surface area contributed by atoms with Gasteiger partial charge in [0, 0.05) is 19.1 Å². The van der Waals surface area contributed by atoms with Gasteiger partial charge < -0.3 is 14.6 Å². The fourth-order valence-electron chi connectivity index (χ4n) is 2.15. The van der Waals surface area contributed by atoms with Crippen LogP contribution in [0.3, 0.4) is 0 Å². The van der Waals surface area contributed by atoms with E-state index >= 15 is 0 Å². The van der Waals surface area contributed by atoms with Crippen molar-refractivity contribution in [2.75, 3.05) is 13.2 Å². The summed E-state index contributed by atoms with van der Waals surface area (Å²) in [5, 5.41) is 8.48. The zero-order valence-corrected chi connectivity index (χ0v) is 11.4. The highest BCUT2D eigenvalue weighted by Crippen LogP contribution is 2.25. The van der Waals surface area contributed by atoms with Crippen LogP contribution in [0.4, 0.5) is 8.78 Å². The maximum absolute atomic E-state index is 13.8. The Balaban J connectivity index is 1.97. The SMILES string of the molecule is O=C(O)C=Cc1cc(F)c(OCCC2CCCO2)c(F)c1. The van der Waals surface area contributed by atoms with E-state index in [4.69, 9.17) is 14.6 Å². The van der Waals surface area contributed by atoms with Gasteiger partial charge in [0.1, 0.15) is 0 Å². The van der Waals surface area contributed by atoms with E-state index in [2.05, 4.69) is 0 Å². The number of carboxylic acid groups (broad SMARTS) is 1. The third kappa shape index (κ3) is 4.53. The first kappa shape index (κ1) is 15.4. The van der Waals surface area contributed by atoms with Crippen molar-refractivity contribution in [1.82, 2.24) is 0 Å². The van der Waals surface area contributed by atoms with Crippen LogP contribution in [-0.4, -0.2) is 30.4 Å². The van der Waals surface area contributed by atoms with Gasteiger partial charge in [0.15, 0.2) is 17.4 Å². The minimum atomic E-state index is -1.19. The van der Waals surface area contributed by atoms with Crippen molar-refractivity contribution in [2.45, 2.75) is 25.4 Å². The van der Waals surface area contributed by atoms with E-state index in [9.17, 15) is 13.6 Å². The Labute approximate surface area is 121 Å². The Morgan fingerprint density at radius 3 is 2.71 bits per heavy atom. The van der Waals surface area contributed by atoms with Gasteiger partial charge in [-0.05, 0) is 36.6 Å². The van der Waals surface area contributed by atoms with Gasteiger partial charge in [-0.15, -0.1) is 0 Å². The molecule has 1 aliphatic heterocycles. The maximum Gasteiger partial charge on any atom is 0.328 e. The number of halogens is 2. The topological polar surface area (TPSA) is 55.8 Å². The Hall–Kier alpha value is -1.95. The molecule has 0 spiro atoms. The molecule has 0 radical (unpaired) electrons. The molecule has 0 bridgehead atoms. The first-order valence-electron chi connectivity index (χ1n) is 6.70. The van der Waals surface area contributed by atoms with Crippen molar-refractivity contribution in [3.05, 3.63) is 35.4 Å². The Morgan fingerprint density at radius 2 is 2.14 bits per heavy atom. The molecule has 4 nitrogen and oxygen atoms in total. The average molecular weight is 298 g/mol. The van der Waals surface area contributed by atoms with Crippen LogP contribution in [0.15, 0.2) is 18.2 Å². The van der Waals surface area contributed by atoms with E-state index in [0.29, 0.717) is 6.42 Å². The first-order chi connectivity index (χ1) is 10.1. The molecule has 1 aromatic rings. The van der Waals surface area contributed by atoms with Crippen LogP contribution in [0.25, 0.3) is 6.08 Å². The van der Waals surface area contributed by atoms with Crippen molar-refractivity contribution >= 4 is 12.0 Å². The Bertz CT molecular complexity index is 513. The van der Waals surface area contributed by atoms with Gasteiger partial charge in [0.05, 0.1) is 12.7 Å². The second-order valence-corrected chi connectivity index (χ2v) is 4.76. The van der Waals surface area contributed by atoms with Crippen molar-refractivity contribution in [1.29, 1.82) is 0 Å². The summed E-state index contributed by atoms with van der Waals surface area (Å²) < 4.78 is 38.0. The molecule has 114 valence electrons. The molecule has 0 aliphatic carbocycles. The largest absolute Gasteiger partial charge is 0.488 e. The number of carbonyl (C=O) groups is 1. The van der Waals surface area contributed by atoms with Crippen LogP contribution in [0, 0.1) is 11.6 Å². The molecular formula is C15H16F2O4. The fraction of sp³-hybridized carbons (Fsp3) is 0.400. The van der Waals surface area contributed by atoms with Crippen LogP contribution in [-0.2, 0) is 9.53 Å². The second kappa shape index (κ2) is 7.17. The Kier molecular flexibility index (Phi) is 5.27. The number of rotatable bonds is 6. The van der Waals surface area contributed by atoms with Crippen LogP contribution in [0.5, 0.6) is 5.75 Å². The molecule has 1 heterocycles. The highest BCUT2D eigenvalue weighted by atomic mass is 19.1. The third-order valence-corrected chi connectivity index (χ3v) is 3.15. The number of carboxylic acids is 1. The van der Waals surface area contributed by atoms with Gasteiger partial charge >= 0.3 is 5.97 Å². The third-order valence-electron chi connectivity index (χ3n) is 3.15. The number of hydrogen-bond donors (Lipinski definition) is 1. The molecule has 1 aromatic carbocycles. The molecular weight excluding hydrogens is 282 g/mol. The molecule has 1 atom stereocenters. The fourth-order valence-corrected chi connectivity index (χ4v) is 2.15. The molecule has 1 saturated heterocycles. The number of ether oxygens (including phenoxy) is 2. The summed E-state index contributed by atoms with van der Waals surface area (Å²) in [5.74, 6) is -3.34. The standard InChI is InChI=1S/C15H16F2O4/c16-12-8-10(3-4-14(18)19)9-13(17)15(12)21-7-5-11-2-1-6-20-11/h3-4,8-9,11H,1-2,5-7H2,(H,18,19). The van der Waals surface area contributed by atoms with Gasteiger partial charge in [0.2, 0.25) is 0 Å². The lowest BCUT2D eigenvalue weighted by atomic mass is 10.1. The summed E-state index contributed by atoms with van der Waals surface area (Å²) in [7, 11) is 0. The van der Waals surface area contributed by atoms with Gasteiger partial charge in [-0.3, -0.25) is 0 Å². The first-order valence-corrected chi connectivity index (χ1v) is 6.70. The summed E-state index contributed by atoms with van der Waals surface area (Å²) in [4.78, 5) is 10.4. The van der Waals surface area contributed by atoms with Gasteiger partial charge in [-0.25, -0.2) is 13.6 Å². The van der Waals surface area contributed by atoms with Gasteiger partial charge in [-0.1, -0.05) is 0 Å². The predicted octanol–water partition coefficient (Wildman–Crippen LogP) is 3.01. The van der Waals surface area contributed by atoms with Crippen LogP contribution in [0.1, 0.15) is 24.8 Å². The molecule has 1 aliphatic rings. The summed E-state index contributed by atoms with van der Waals surface area (Å²) in [6, 6.07) is 2.06. The van der Waals surface area contributed by atoms with E-state index in [1.54, 1.807) is 0 Å². The van der Waals surface area contributed by atoms with Crippen molar-refractivity contribution in [3.8, 4) is 5.75 Å². The van der Waals surface area contributed by atoms with Gasteiger partial charge in [-0.2, -0.15) is 0 Å². The van der Waals surface area contributed by atoms with E-state index in [1.165, 1.54) is 0 Å². The molecule has 1 unspecified atom stereocenters. The smallest absolute Gasteiger partial charge is 0.328 e. The minimum absolute atomic E-state index is 0.0916. The normalized spacial score (nSPS) is 18.3. The summed E-state index contributed by atoms with van der Waals surface area (Å²) in [6.07, 6.45) is 4.54. The zero-order valence-electron chi connectivity index (χ0n) is 11.4. The molecule has 0 aromatic heterocycles. The van der Waals surface area contributed by atoms with Crippen molar-refractivity contribution < 1.29 is 28.2 Å². The van der Waals surface area contributed by atoms with Gasteiger partial charge in [0.25, 0.3) is 0 Å². The summed E-state index contributed by atoms with van der Waals surface area (Å²) >= 11 is 0. The molecule has 0 amide bonds. The van der Waals surface area contributed by atoms with Crippen LogP contribution >= 0.6 is 0 Å². The zero-order chi connectivity index (χ0) is 15.2. The van der Waals surface area contributed by atoms with E-state index in [-0.39, 0.29) is 18.3 Å². The highest BCUT2D eigenvalue weighted by molar-refractivity contribution is 5.85. The molecule has 21 heavy (non-hydrogen) atoms. The molecule has 1 N–H and O–H groups in total. The summed E-state index contributed by atoms with van der Waals surface area (Å²) in [5.41, 5.74) is 0.124. The monoisotopic (exact) mass is 298 g/mol. The number of hydrogen-bond acceptors (Lipinski definition) is 3. The molecule has 0 saturated carbocycles. The minimum Gasteiger partial charge on any atom is -0.488 e. The number of aliphatic carboxylic acids is 1. The quantitative estimate of drug-likeness (QED) is 0.820. The lowest BCUT2D eigenvalue weighted by Gasteiger charge is -2.12. The van der Waals surface area contributed by atoms with E-state index < -0.39 is 23.4 Å². The molecule has 6 heteroatoms. The molecule has 1 fully saturated rings. The Morgan fingerprint density at radius 1 is 1.43 bits per heavy atom. The highest BCUT2D eigenvalue weighted by Gasteiger charge is 2.17. The van der Waals surface area contributed by atoms with E-state index in [0.717, 1.165) is 43.7 Å². The van der Waals surface area contributed by atoms with E-state index in [1.807, 2.05) is 0 Å². The lowest BCUT2D eigenvalue weighted by Crippen LogP contribution is -2.11. The second-order valence-electron chi connectivity index (χ2n) is 4.76. The summed E-state index contributed by atoms with van der Waals surface area (Å²) in [6.45, 7) is 0.890. The van der Waals surface area contributed by atoms with Crippen molar-refractivity contribution in [2.24, 2.45) is 0 Å². The maximum atomic E-state index is 13.8. The predicted molar refractivity (Wildman–Crippen MR) is 72.1 cm³/mol. The lowest BCUT2D eigenvalue weighted by molar-refractivity contribution is -0.131. The molecule has 2 rings (SSSR count). The number of benzene rings is 1. The average Bonchev–Trinajstić information content (AvgIpc) is 2.92. The van der Waals surface area contributed by atoms with Crippen LogP contribution in [0.2, 0.25) is 0 Å². The van der Waals surface area contributed by atoms with Crippen molar-refractivity contribution in [3.63, 3.8) is 0 Å².